The first kappa shape index (κ1) is 19.9. The van der Waals surface area contributed by atoms with E-state index >= 15 is 0 Å². The van der Waals surface area contributed by atoms with Crippen molar-refractivity contribution in [1.29, 1.82) is 0 Å². The van der Waals surface area contributed by atoms with Crippen LogP contribution >= 0.6 is 11.3 Å². The normalized spacial score (nSPS) is 15.0. The molecule has 8 heteroatoms. The minimum absolute atomic E-state index is 0.0705. The van der Waals surface area contributed by atoms with Crippen molar-refractivity contribution in [1.82, 2.24) is 9.80 Å². The molecule has 146 valence electrons. The van der Waals surface area contributed by atoms with E-state index in [1.807, 2.05) is 7.05 Å². The zero-order valence-electron chi connectivity index (χ0n) is 15.4. The molecule has 2 aromatic rings. The van der Waals surface area contributed by atoms with Gasteiger partial charge in [-0.05, 0) is 55.1 Å². The van der Waals surface area contributed by atoms with Gasteiger partial charge in [0.2, 0.25) is 5.91 Å². The number of nitrogens with one attached hydrogen (secondary N) is 1. The molecule has 1 aromatic carbocycles. The number of sulfonamides is 1. The molecular weight excluding hydrogens is 382 g/mol. The summed E-state index contributed by atoms with van der Waals surface area (Å²) in [5.74, 6) is 0.0705. The molecule has 2 heterocycles. The molecule has 0 radical (unpaired) electrons. The average molecular weight is 408 g/mol. The molecule has 27 heavy (non-hydrogen) atoms. The smallest absolute Gasteiger partial charge is 0.271 e. The highest BCUT2D eigenvalue weighted by molar-refractivity contribution is 7.94. The number of benzene rings is 1. The molecule has 1 fully saturated rings. The minimum Gasteiger partial charge on any atom is -0.344 e. The van der Waals surface area contributed by atoms with Gasteiger partial charge in [0.1, 0.15) is 4.21 Å². The Bertz CT molecular complexity index is 843. The fraction of sp³-hybridized carbons (Fsp3) is 0.421. The SMILES string of the molecule is CN(CCN1CCCC1)C(=O)Cc1ccc(NS(=O)(=O)c2cccs2)cc1. The van der Waals surface area contributed by atoms with Gasteiger partial charge in [0, 0.05) is 25.8 Å². The van der Waals surface area contributed by atoms with Crippen molar-refractivity contribution >= 4 is 33.0 Å². The third-order valence-electron chi connectivity index (χ3n) is 4.70. The van der Waals surface area contributed by atoms with Crippen LogP contribution in [0.25, 0.3) is 0 Å². The van der Waals surface area contributed by atoms with Gasteiger partial charge in [0.15, 0.2) is 0 Å². The average Bonchev–Trinajstić information content (AvgIpc) is 3.35. The molecule has 1 saturated heterocycles. The van der Waals surface area contributed by atoms with Crippen LogP contribution in [0.4, 0.5) is 5.69 Å². The standard InChI is InChI=1S/C19H25N3O3S2/c1-21(12-13-22-10-2-3-11-22)18(23)15-16-6-8-17(9-7-16)20-27(24,25)19-5-4-14-26-19/h4-9,14,20H,2-3,10-13,15H2,1H3. The Morgan fingerprint density at radius 3 is 2.52 bits per heavy atom. The highest BCUT2D eigenvalue weighted by atomic mass is 32.2. The topological polar surface area (TPSA) is 69.7 Å². The van der Waals surface area contributed by atoms with Gasteiger partial charge in [-0.3, -0.25) is 9.52 Å². The summed E-state index contributed by atoms with van der Waals surface area (Å²) in [7, 11) is -1.71. The Morgan fingerprint density at radius 1 is 1.19 bits per heavy atom. The number of carbonyl (C=O) groups is 1. The monoisotopic (exact) mass is 407 g/mol. The highest BCUT2D eigenvalue weighted by Crippen LogP contribution is 2.20. The number of hydrogen-bond donors (Lipinski definition) is 1. The van der Waals surface area contributed by atoms with Crippen LogP contribution in [0.3, 0.4) is 0 Å². The van der Waals surface area contributed by atoms with Gasteiger partial charge in [-0.15, -0.1) is 11.3 Å². The van der Waals surface area contributed by atoms with Crippen LogP contribution in [0.1, 0.15) is 18.4 Å². The Kier molecular flexibility index (Phi) is 6.51. The van der Waals surface area contributed by atoms with Gasteiger partial charge < -0.3 is 9.80 Å². The van der Waals surface area contributed by atoms with Crippen LogP contribution in [0.2, 0.25) is 0 Å². The number of thiophene rings is 1. The van der Waals surface area contributed by atoms with E-state index in [1.54, 1.807) is 46.7 Å². The Balaban J connectivity index is 1.51. The lowest BCUT2D eigenvalue weighted by Gasteiger charge is -2.21. The van der Waals surface area contributed by atoms with Gasteiger partial charge >= 0.3 is 0 Å². The van der Waals surface area contributed by atoms with E-state index in [4.69, 9.17) is 0 Å². The Labute approximate surface area is 164 Å². The van der Waals surface area contributed by atoms with E-state index in [0.717, 1.165) is 31.7 Å². The van der Waals surface area contributed by atoms with E-state index in [0.29, 0.717) is 12.1 Å². The predicted octanol–water partition coefficient (Wildman–Crippen LogP) is 2.65. The molecule has 1 aliphatic rings. The summed E-state index contributed by atoms with van der Waals surface area (Å²) in [6.07, 6.45) is 2.81. The summed E-state index contributed by atoms with van der Waals surface area (Å²) in [6, 6.07) is 10.2. The predicted molar refractivity (Wildman–Crippen MR) is 109 cm³/mol. The summed E-state index contributed by atoms with van der Waals surface area (Å²) < 4.78 is 27.3. The van der Waals surface area contributed by atoms with Crippen molar-refractivity contribution in [2.45, 2.75) is 23.5 Å². The summed E-state index contributed by atoms with van der Waals surface area (Å²) in [5.41, 5.74) is 1.36. The molecule has 0 saturated carbocycles. The van der Waals surface area contributed by atoms with Crippen LogP contribution in [0.15, 0.2) is 46.0 Å². The summed E-state index contributed by atoms with van der Waals surface area (Å²) in [4.78, 5) is 16.5. The van der Waals surface area contributed by atoms with Crippen LogP contribution in [-0.2, 0) is 21.2 Å². The second kappa shape index (κ2) is 8.86. The summed E-state index contributed by atoms with van der Waals surface area (Å²) in [5, 5.41) is 1.73. The molecule has 0 spiro atoms. The molecule has 3 rings (SSSR count). The largest absolute Gasteiger partial charge is 0.344 e. The number of amides is 1. The molecule has 1 N–H and O–H groups in total. The molecular formula is C19H25N3O3S2. The van der Waals surface area contributed by atoms with Gasteiger partial charge in [0.05, 0.1) is 6.42 Å². The molecule has 1 aliphatic heterocycles. The first-order valence-corrected chi connectivity index (χ1v) is 11.4. The molecule has 0 aliphatic carbocycles. The van der Waals surface area contributed by atoms with E-state index in [1.165, 1.54) is 24.2 Å². The van der Waals surface area contributed by atoms with Crippen molar-refractivity contribution in [3.8, 4) is 0 Å². The Morgan fingerprint density at radius 2 is 1.89 bits per heavy atom. The fourth-order valence-corrected chi connectivity index (χ4v) is 5.10. The van der Waals surface area contributed by atoms with Gasteiger partial charge in [0.25, 0.3) is 10.0 Å². The molecule has 1 aromatic heterocycles. The van der Waals surface area contributed by atoms with Crippen molar-refractivity contribution in [2.24, 2.45) is 0 Å². The molecule has 0 bridgehead atoms. The van der Waals surface area contributed by atoms with Crippen molar-refractivity contribution < 1.29 is 13.2 Å². The summed E-state index contributed by atoms with van der Waals surface area (Å²) in [6.45, 7) is 3.92. The maximum absolute atomic E-state index is 12.4. The molecule has 6 nitrogen and oxygen atoms in total. The molecule has 0 atom stereocenters. The van der Waals surface area contributed by atoms with E-state index in [-0.39, 0.29) is 10.1 Å². The molecule has 1 amide bonds. The fourth-order valence-electron chi connectivity index (χ4n) is 3.04. The first-order chi connectivity index (χ1) is 12.9. The summed E-state index contributed by atoms with van der Waals surface area (Å²) >= 11 is 1.17. The number of nitrogens with zero attached hydrogens (tertiary/aromatic N) is 2. The number of likely N-dealkylation sites (N-methyl/N-ethyl adjacent to an activating group) is 1. The van der Waals surface area contributed by atoms with E-state index in [9.17, 15) is 13.2 Å². The quantitative estimate of drug-likeness (QED) is 0.730. The maximum Gasteiger partial charge on any atom is 0.271 e. The maximum atomic E-state index is 12.4. The Hall–Kier alpha value is -1.90. The second-order valence-corrected chi connectivity index (χ2v) is 9.63. The van der Waals surface area contributed by atoms with Gasteiger partial charge in [-0.1, -0.05) is 18.2 Å². The minimum atomic E-state index is -3.55. The van der Waals surface area contributed by atoms with Gasteiger partial charge in [-0.2, -0.15) is 0 Å². The number of hydrogen-bond acceptors (Lipinski definition) is 5. The number of anilines is 1. The lowest BCUT2D eigenvalue weighted by atomic mass is 10.1. The number of rotatable bonds is 8. The third kappa shape index (κ3) is 5.54. The molecule has 0 unspecified atom stereocenters. The van der Waals surface area contributed by atoms with Crippen LogP contribution < -0.4 is 4.72 Å². The van der Waals surface area contributed by atoms with Crippen molar-refractivity contribution in [3.05, 3.63) is 47.3 Å². The zero-order chi connectivity index (χ0) is 19.3. The third-order valence-corrected chi connectivity index (χ3v) is 7.48. The lowest BCUT2D eigenvalue weighted by molar-refractivity contribution is -0.129. The second-order valence-electron chi connectivity index (χ2n) is 6.78. The lowest BCUT2D eigenvalue weighted by Crippen LogP contribution is -2.35. The number of likely N-dealkylation sites (tertiary alicyclic amines) is 1. The highest BCUT2D eigenvalue weighted by Gasteiger charge is 2.16. The number of carbonyl (C=O) groups excluding carboxylic acids is 1. The van der Waals surface area contributed by atoms with E-state index in [2.05, 4.69) is 9.62 Å². The van der Waals surface area contributed by atoms with Crippen molar-refractivity contribution in [2.75, 3.05) is 37.9 Å². The van der Waals surface area contributed by atoms with Crippen molar-refractivity contribution in [3.63, 3.8) is 0 Å². The first-order valence-electron chi connectivity index (χ1n) is 9.06. The van der Waals surface area contributed by atoms with Crippen LogP contribution in [0, 0.1) is 0 Å². The van der Waals surface area contributed by atoms with Crippen LogP contribution in [0.5, 0.6) is 0 Å². The van der Waals surface area contributed by atoms with Gasteiger partial charge in [-0.25, -0.2) is 8.42 Å². The van der Waals surface area contributed by atoms with Crippen LogP contribution in [-0.4, -0.2) is 57.4 Å². The van der Waals surface area contributed by atoms with E-state index < -0.39 is 10.0 Å². The zero-order valence-corrected chi connectivity index (χ0v) is 17.1.